The lowest BCUT2D eigenvalue weighted by atomic mass is 9.98. The number of hydrogen-bond donors (Lipinski definition) is 2. The summed E-state index contributed by atoms with van der Waals surface area (Å²) in [6, 6.07) is -0.475. The van der Waals surface area contributed by atoms with Crippen molar-refractivity contribution in [3.05, 3.63) is 0 Å². The first-order chi connectivity index (χ1) is 8.94. The second-order valence-electron chi connectivity index (χ2n) is 5.70. The monoisotopic (exact) mass is 269 g/mol. The highest BCUT2D eigenvalue weighted by molar-refractivity contribution is 5.86. The van der Waals surface area contributed by atoms with Crippen molar-refractivity contribution >= 4 is 11.9 Å². The number of hydrogen-bond acceptors (Lipinski definition) is 4. The molecule has 0 bridgehead atoms. The van der Waals surface area contributed by atoms with Gasteiger partial charge in [-0.25, -0.2) is 0 Å². The zero-order valence-electron chi connectivity index (χ0n) is 11.7. The van der Waals surface area contributed by atoms with E-state index in [1.54, 1.807) is 6.92 Å². The molecule has 2 fully saturated rings. The molecule has 6 nitrogen and oxygen atoms in total. The van der Waals surface area contributed by atoms with E-state index in [0.29, 0.717) is 26.2 Å². The molecular formula is C13H23N3O3. The number of aliphatic carboxylic acids is 1. The molecule has 1 amide bonds. The topological polar surface area (TPSA) is 72.9 Å². The highest BCUT2D eigenvalue weighted by Crippen LogP contribution is 2.22. The van der Waals surface area contributed by atoms with Gasteiger partial charge in [0, 0.05) is 26.2 Å². The minimum Gasteiger partial charge on any atom is -0.480 e. The lowest BCUT2D eigenvalue weighted by Crippen LogP contribution is -2.59. The molecule has 0 saturated carbocycles. The third-order valence-electron chi connectivity index (χ3n) is 4.35. The smallest absolute Gasteiger partial charge is 0.320 e. The molecule has 108 valence electrons. The van der Waals surface area contributed by atoms with E-state index in [1.807, 2.05) is 16.7 Å². The van der Waals surface area contributed by atoms with E-state index in [1.165, 1.54) is 0 Å². The second kappa shape index (κ2) is 5.46. The Balaban J connectivity index is 1.89. The first-order valence-corrected chi connectivity index (χ1v) is 6.95. The van der Waals surface area contributed by atoms with Crippen LogP contribution in [0.5, 0.6) is 0 Å². The number of amides is 1. The summed E-state index contributed by atoms with van der Waals surface area (Å²) in [7, 11) is 0. The first-order valence-electron chi connectivity index (χ1n) is 6.95. The van der Waals surface area contributed by atoms with Gasteiger partial charge in [-0.05, 0) is 33.2 Å². The predicted octanol–water partition coefficient (Wildman–Crippen LogP) is -0.254. The van der Waals surface area contributed by atoms with E-state index < -0.39 is 17.6 Å². The fraction of sp³-hybridized carbons (Fsp3) is 0.846. The molecule has 0 aromatic heterocycles. The third-order valence-corrected chi connectivity index (χ3v) is 4.35. The number of rotatable bonds is 3. The molecule has 2 atom stereocenters. The Labute approximate surface area is 113 Å². The van der Waals surface area contributed by atoms with E-state index >= 15 is 0 Å². The highest BCUT2D eigenvalue weighted by Gasteiger charge is 2.40. The van der Waals surface area contributed by atoms with Crippen molar-refractivity contribution in [3.63, 3.8) is 0 Å². The maximum Gasteiger partial charge on any atom is 0.320 e. The summed E-state index contributed by atoms with van der Waals surface area (Å²) in [6.07, 6.45) is 1.93. The molecule has 6 heteroatoms. The van der Waals surface area contributed by atoms with Crippen molar-refractivity contribution in [1.29, 1.82) is 0 Å². The van der Waals surface area contributed by atoms with Gasteiger partial charge in [0.1, 0.15) is 6.04 Å². The molecule has 2 heterocycles. The number of piperazine rings is 1. The van der Waals surface area contributed by atoms with Crippen molar-refractivity contribution in [2.45, 2.75) is 38.3 Å². The van der Waals surface area contributed by atoms with Crippen LogP contribution in [0, 0.1) is 0 Å². The standard InChI is InChI=1S/C13H23N3O3/c1-10(11(17)18)15-6-8-16(9-7-15)12(19)13(2)4-3-5-14-13/h10,14H,3-9H2,1-2H3,(H,17,18). The van der Waals surface area contributed by atoms with Crippen LogP contribution in [0.4, 0.5) is 0 Å². The lowest BCUT2D eigenvalue weighted by Gasteiger charge is -2.39. The largest absolute Gasteiger partial charge is 0.480 e. The molecule has 19 heavy (non-hydrogen) atoms. The van der Waals surface area contributed by atoms with Crippen molar-refractivity contribution < 1.29 is 14.7 Å². The fourth-order valence-corrected chi connectivity index (χ4v) is 2.89. The summed E-state index contributed by atoms with van der Waals surface area (Å²) >= 11 is 0. The normalized spacial score (nSPS) is 30.3. The maximum absolute atomic E-state index is 12.5. The minimum atomic E-state index is -0.802. The van der Waals surface area contributed by atoms with Crippen LogP contribution in [0.2, 0.25) is 0 Å². The third kappa shape index (κ3) is 2.90. The summed E-state index contributed by atoms with van der Waals surface area (Å²) < 4.78 is 0. The van der Waals surface area contributed by atoms with Crippen molar-refractivity contribution in [2.75, 3.05) is 32.7 Å². The molecule has 0 radical (unpaired) electrons. The number of nitrogens with one attached hydrogen (secondary N) is 1. The van der Waals surface area contributed by atoms with Crippen LogP contribution in [0.25, 0.3) is 0 Å². The number of carbonyl (C=O) groups is 2. The molecule has 2 rings (SSSR count). The van der Waals surface area contributed by atoms with Crippen molar-refractivity contribution in [1.82, 2.24) is 15.1 Å². The first kappa shape index (κ1) is 14.3. The van der Waals surface area contributed by atoms with E-state index in [4.69, 9.17) is 5.11 Å². The molecule has 0 aliphatic carbocycles. The molecule has 2 unspecified atom stereocenters. The lowest BCUT2D eigenvalue weighted by molar-refractivity contribution is -0.145. The second-order valence-corrected chi connectivity index (χ2v) is 5.70. The van der Waals surface area contributed by atoms with Gasteiger partial charge in [0.2, 0.25) is 5.91 Å². The predicted molar refractivity (Wildman–Crippen MR) is 70.9 cm³/mol. The van der Waals surface area contributed by atoms with Gasteiger partial charge in [0.15, 0.2) is 0 Å². The van der Waals surface area contributed by atoms with Crippen LogP contribution in [-0.4, -0.2) is 71.1 Å². The van der Waals surface area contributed by atoms with Gasteiger partial charge >= 0.3 is 5.97 Å². The van der Waals surface area contributed by atoms with Crippen LogP contribution in [0.3, 0.4) is 0 Å². The number of carboxylic acid groups (broad SMARTS) is 1. The van der Waals surface area contributed by atoms with Gasteiger partial charge in [-0.2, -0.15) is 0 Å². The van der Waals surface area contributed by atoms with E-state index in [-0.39, 0.29) is 5.91 Å². The van der Waals surface area contributed by atoms with Crippen molar-refractivity contribution in [3.8, 4) is 0 Å². The molecule has 2 aliphatic rings. The molecule has 0 aromatic rings. The number of carboxylic acids is 1. The van der Waals surface area contributed by atoms with Crippen LogP contribution < -0.4 is 5.32 Å². The average Bonchev–Trinajstić information content (AvgIpc) is 2.85. The quantitative estimate of drug-likeness (QED) is 0.739. The van der Waals surface area contributed by atoms with Crippen LogP contribution in [-0.2, 0) is 9.59 Å². The number of nitrogens with zero attached hydrogens (tertiary/aromatic N) is 2. The van der Waals surface area contributed by atoms with E-state index in [0.717, 1.165) is 19.4 Å². The van der Waals surface area contributed by atoms with Gasteiger partial charge < -0.3 is 15.3 Å². The zero-order chi connectivity index (χ0) is 14.0. The fourth-order valence-electron chi connectivity index (χ4n) is 2.89. The van der Waals surface area contributed by atoms with Crippen LogP contribution in [0.1, 0.15) is 26.7 Å². The van der Waals surface area contributed by atoms with E-state index in [9.17, 15) is 9.59 Å². The average molecular weight is 269 g/mol. The Morgan fingerprint density at radius 1 is 1.26 bits per heavy atom. The van der Waals surface area contributed by atoms with Gasteiger partial charge in [-0.1, -0.05) is 0 Å². The Hall–Kier alpha value is -1.14. The van der Waals surface area contributed by atoms with Crippen LogP contribution in [0.15, 0.2) is 0 Å². The summed E-state index contributed by atoms with van der Waals surface area (Å²) in [5.41, 5.74) is -0.416. The molecular weight excluding hydrogens is 246 g/mol. The van der Waals surface area contributed by atoms with E-state index in [2.05, 4.69) is 5.32 Å². The van der Waals surface area contributed by atoms with Gasteiger partial charge in [0.25, 0.3) is 0 Å². The highest BCUT2D eigenvalue weighted by atomic mass is 16.4. The maximum atomic E-state index is 12.5. The molecule has 2 N–H and O–H groups in total. The molecule has 2 saturated heterocycles. The Morgan fingerprint density at radius 3 is 2.37 bits per heavy atom. The summed E-state index contributed by atoms with van der Waals surface area (Å²) in [4.78, 5) is 27.2. The van der Waals surface area contributed by atoms with Crippen molar-refractivity contribution in [2.24, 2.45) is 0 Å². The summed E-state index contributed by atoms with van der Waals surface area (Å²) in [5.74, 6) is -0.642. The summed E-state index contributed by atoms with van der Waals surface area (Å²) in [6.45, 7) is 7.07. The SMILES string of the molecule is CC(C(=O)O)N1CCN(C(=O)C2(C)CCCN2)CC1. The molecule has 0 spiro atoms. The van der Waals surface area contributed by atoms with Gasteiger partial charge in [-0.3, -0.25) is 14.5 Å². The minimum absolute atomic E-state index is 0.160. The molecule has 2 aliphatic heterocycles. The Bertz CT molecular complexity index is 358. The van der Waals surface area contributed by atoms with Gasteiger partial charge in [-0.15, -0.1) is 0 Å². The Morgan fingerprint density at radius 2 is 1.89 bits per heavy atom. The zero-order valence-corrected chi connectivity index (χ0v) is 11.7. The van der Waals surface area contributed by atoms with Gasteiger partial charge in [0.05, 0.1) is 5.54 Å². The molecule has 0 aromatic carbocycles. The summed E-state index contributed by atoms with van der Waals surface area (Å²) in [5, 5.41) is 12.3. The number of carbonyl (C=O) groups excluding carboxylic acids is 1. The van der Waals surface area contributed by atoms with Crippen LogP contribution >= 0.6 is 0 Å². The Kier molecular flexibility index (Phi) is 4.10.